The number of halogens is 1. The van der Waals surface area contributed by atoms with Crippen LogP contribution in [0.4, 0.5) is 5.82 Å². The average molecular weight is 282 g/mol. The van der Waals surface area contributed by atoms with Crippen LogP contribution in [0.25, 0.3) is 10.9 Å². The molecule has 5 nitrogen and oxygen atoms in total. The van der Waals surface area contributed by atoms with Crippen molar-refractivity contribution in [3.8, 4) is 11.5 Å². The molecule has 0 atom stereocenters. The molecule has 2 aromatic rings. The summed E-state index contributed by atoms with van der Waals surface area (Å²) in [4.78, 5) is 10.5. The predicted molar refractivity (Wildman–Crippen MR) is 76.6 cm³/mol. The van der Waals surface area contributed by atoms with Crippen molar-refractivity contribution in [2.45, 2.75) is 6.92 Å². The lowest BCUT2D eigenvalue weighted by atomic mass is 10.2. The van der Waals surface area contributed by atoms with Gasteiger partial charge in [0.25, 0.3) is 0 Å². The highest BCUT2D eigenvalue weighted by Crippen LogP contribution is 2.35. The van der Waals surface area contributed by atoms with Gasteiger partial charge < -0.3 is 14.4 Å². The lowest BCUT2D eigenvalue weighted by molar-refractivity contribution is 0.356. The topological polar surface area (TPSA) is 47.5 Å². The van der Waals surface area contributed by atoms with E-state index >= 15 is 0 Å². The van der Waals surface area contributed by atoms with Crippen LogP contribution in [-0.4, -0.2) is 37.8 Å². The summed E-state index contributed by atoms with van der Waals surface area (Å²) in [6.45, 7) is 2.86. The van der Waals surface area contributed by atoms with E-state index in [1.165, 1.54) is 0 Å². The van der Waals surface area contributed by atoms with Crippen LogP contribution in [0.5, 0.6) is 11.5 Å². The maximum absolute atomic E-state index is 5.97. The summed E-state index contributed by atoms with van der Waals surface area (Å²) >= 11 is 5.97. The molecule has 0 bridgehead atoms. The third kappa shape index (κ3) is 2.51. The summed E-state index contributed by atoms with van der Waals surface area (Å²) in [5.41, 5.74) is 0.730. The van der Waals surface area contributed by atoms with Crippen molar-refractivity contribution in [1.29, 1.82) is 0 Å². The first-order valence-electron chi connectivity index (χ1n) is 5.91. The van der Waals surface area contributed by atoms with E-state index in [1.807, 2.05) is 24.9 Å². The molecule has 0 aliphatic carbocycles. The number of benzene rings is 1. The summed E-state index contributed by atoms with van der Waals surface area (Å²) in [6, 6.07) is 3.67. The van der Waals surface area contributed by atoms with Crippen LogP contribution >= 0.6 is 11.6 Å². The molecule has 1 aromatic heterocycles. The van der Waals surface area contributed by atoms with E-state index in [-0.39, 0.29) is 5.28 Å². The standard InChI is InChI=1S/C13H16ClN3O2/c1-5-17(2)12-8-6-10(18-3)11(19-4)7-9(8)15-13(14)16-12/h6-7H,5H2,1-4H3. The highest BCUT2D eigenvalue weighted by molar-refractivity contribution is 6.28. The van der Waals surface area contributed by atoms with Gasteiger partial charge in [-0.25, -0.2) is 4.98 Å². The molecule has 0 amide bonds. The van der Waals surface area contributed by atoms with E-state index in [9.17, 15) is 0 Å². The lowest BCUT2D eigenvalue weighted by Crippen LogP contribution is -2.18. The number of aromatic nitrogens is 2. The monoisotopic (exact) mass is 281 g/mol. The molecule has 0 fully saturated rings. The number of methoxy groups -OCH3 is 2. The van der Waals surface area contributed by atoms with Crippen molar-refractivity contribution in [2.75, 3.05) is 32.7 Å². The van der Waals surface area contributed by atoms with Crippen LogP contribution in [0.15, 0.2) is 12.1 Å². The Kier molecular flexibility index (Phi) is 3.95. The second-order valence-electron chi connectivity index (χ2n) is 4.05. The molecule has 0 radical (unpaired) electrons. The fourth-order valence-corrected chi connectivity index (χ4v) is 2.02. The molecular weight excluding hydrogens is 266 g/mol. The number of nitrogens with zero attached hydrogens (tertiary/aromatic N) is 3. The predicted octanol–water partition coefficient (Wildman–Crippen LogP) is 2.76. The van der Waals surface area contributed by atoms with Crippen molar-refractivity contribution in [2.24, 2.45) is 0 Å². The zero-order chi connectivity index (χ0) is 14.0. The van der Waals surface area contributed by atoms with Crippen molar-refractivity contribution in [3.63, 3.8) is 0 Å². The molecule has 6 heteroatoms. The summed E-state index contributed by atoms with van der Waals surface area (Å²) in [5, 5.41) is 1.10. The molecule has 0 saturated carbocycles. The number of anilines is 1. The van der Waals surface area contributed by atoms with E-state index in [0.29, 0.717) is 11.5 Å². The largest absolute Gasteiger partial charge is 0.493 e. The van der Waals surface area contributed by atoms with Crippen molar-refractivity contribution < 1.29 is 9.47 Å². The minimum absolute atomic E-state index is 0.218. The summed E-state index contributed by atoms with van der Waals surface area (Å²) in [7, 11) is 5.14. The Labute approximate surface area is 117 Å². The maximum Gasteiger partial charge on any atom is 0.224 e. The van der Waals surface area contributed by atoms with E-state index in [4.69, 9.17) is 21.1 Å². The molecule has 0 spiro atoms. The Balaban J connectivity index is 2.75. The minimum atomic E-state index is 0.218. The van der Waals surface area contributed by atoms with Gasteiger partial charge in [0.15, 0.2) is 11.5 Å². The van der Waals surface area contributed by atoms with E-state index in [0.717, 1.165) is 23.3 Å². The Hall–Kier alpha value is -1.75. The molecule has 0 saturated heterocycles. The van der Waals surface area contributed by atoms with Gasteiger partial charge in [-0.3, -0.25) is 0 Å². The summed E-state index contributed by atoms with van der Waals surface area (Å²) in [6.07, 6.45) is 0. The Bertz CT molecular complexity index is 604. The van der Waals surface area contributed by atoms with E-state index in [2.05, 4.69) is 9.97 Å². The highest BCUT2D eigenvalue weighted by atomic mass is 35.5. The van der Waals surface area contributed by atoms with Gasteiger partial charge in [-0.05, 0) is 24.6 Å². The van der Waals surface area contributed by atoms with Crippen LogP contribution < -0.4 is 14.4 Å². The lowest BCUT2D eigenvalue weighted by Gasteiger charge is -2.18. The van der Waals surface area contributed by atoms with Crippen molar-refractivity contribution >= 4 is 28.3 Å². The van der Waals surface area contributed by atoms with E-state index < -0.39 is 0 Å². The van der Waals surface area contributed by atoms with Crippen LogP contribution in [0.1, 0.15) is 6.92 Å². The zero-order valence-electron chi connectivity index (χ0n) is 11.4. The van der Waals surface area contributed by atoms with Gasteiger partial charge in [-0.15, -0.1) is 0 Å². The molecule has 0 N–H and O–H groups in total. The molecule has 0 unspecified atom stereocenters. The van der Waals surface area contributed by atoms with Gasteiger partial charge in [-0.2, -0.15) is 4.98 Å². The summed E-state index contributed by atoms with van der Waals surface area (Å²) < 4.78 is 10.6. The maximum atomic E-state index is 5.97. The quantitative estimate of drug-likeness (QED) is 0.807. The SMILES string of the molecule is CCN(C)c1nc(Cl)nc2cc(OC)c(OC)cc12. The fraction of sp³-hybridized carbons (Fsp3) is 0.385. The first-order chi connectivity index (χ1) is 9.10. The van der Waals surface area contributed by atoms with Gasteiger partial charge in [0.05, 0.1) is 19.7 Å². The molecule has 2 rings (SSSR count). The summed E-state index contributed by atoms with van der Waals surface area (Å²) in [5.74, 6) is 2.04. The molecule has 102 valence electrons. The third-order valence-electron chi connectivity index (χ3n) is 2.99. The van der Waals surface area contributed by atoms with Crippen LogP contribution in [0.3, 0.4) is 0 Å². The Morgan fingerprint density at radius 2 is 1.79 bits per heavy atom. The van der Waals surface area contributed by atoms with E-state index in [1.54, 1.807) is 20.3 Å². The normalized spacial score (nSPS) is 10.6. The number of fused-ring (bicyclic) bond motifs is 1. The van der Waals surface area contributed by atoms with Gasteiger partial charge >= 0.3 is 0 Å². The minimum Gasteiger partial charge on any atom is -0.493 e. The van der Waals surface area contributed by atoms with Gasteiger partial charge in [-0.1, -0.05) is 0 Å². The molecule has 0 aliphatic rings. The molecular formula is C13H16ClN3O2. The van der Waals surface area contributed by atoms with Crippen molar-refractivity contribution in [3.05, 3.63) is 17.4 Å². The van der Waals surface area contributed by atoms with Gasteiger partial charge in [0.1, 0.15) is 5.82 Å². The number of ether oxygens (including phenoxy) is 2. The fourth-order valence-electron chi connectivity index (χ4n) is 1.85. The first-order valence-corrected chi connectivity index (χ1v) is 6.28. The smallest absolute Gasteiger partial charge is 0.224 e. The number of hydrogen-bond acceptors (Lipinski definition) is 5. The molecule has 1 heterocycles. The number of rotatable bonds is 4. The molecule has 19 heavy (non-hydrogen) atoms. The highest BCUT2D eigenvalue weighted by Gasteiger charge is 2.14. The zero-order valence-corrected chi connectivity index (χ0v) is 12.2. The van der Waals surface area contributed by atoms with Gasteiger partial charge in [0.2, 0.25) is 5.28 Å². The average Bonchev–Trinajstić information content (AvgIpc) is 2.43. The van der Waals surface area contributed by atoms with Gasteiger partial charge in [0, 0.05) is 25.0 Å². The second kappa shape index (κ2) is 5.48. The van der Waals surface area contributed by atoms with Crippen LogP contribution in [-0.2, 0) is 0 Å². The van der Waals surface area contributed by atoms with Crippen LogP contribution in [0, 0.1) is 0 Å². The first kappa shape index (κ1) is 13.7. The number of hydrogen-bond donors (Lipinski definition) is 0. The van der Waals surface area contributed by atoms with Crippen LogP contribution in [0.2, 0.25) is 5.28 Å². The Morgan fingerprint density at radius 1 is 1.16 bits per heavy atom. The third-order valence-corrected chi connectivity index (χ3v) is 3.16. The Morgan fingerprint density at radius 3 is 2.37 bits per heavy atom. The molecule has 0 aliphatic heterocycles. The van der Waals surface area contributed by atoms with Crippen molar-refractivity contribution in [1.82, 2.24) is 9.97 Å². The second-order valence-corrected chi connectivity index (χ2v) is 4.39. The molecule has 1 aromatic carbocycles.